The zero-order chi connectivity index (χ0) is 17.5. The zero-order valence-corrected chi connectivity index (χ0v) is 12.6. The van der Waals surface area contributed by atoms with E-state index < -0.39 is 5.97 Å². The minimum atomic E-state index is -1.16. The molecular weight excluding hydrogens is 312 g/mol. The Morgan fingerprint density at radius 2 is 1.46 bits per heavy atom. The number of carbonyl (C=O) groups excluding carboxylic acids is 2. The summed E-state index contributed by atoms with van der Waals surface area (Å²) in [5.74, 6) is 4.94. The smallest absolute Gasteiger partial charge is 0.335 e. The summed E-state index contributed by atoms with van der Waals surface area (Å²) >= 11 is 0. The highest BCUT2D eigenvalue weighted by Crippen LogP contribution is 2.18. The lowest BCUT2D eigenvalue weighted by molar-refractivity contribution is -0.121. The van der Waals surface area contributed by atoms with Gasteiger partial charge in [0.2, 0.25) is 0 Å². The van der Waals surface area contributed by atoms with E-state index in [1.807, 2.05) is 6.92 Å². The lowest BCUT2D eigenvalue weighted by Gasteiger charge is -2.02. The first-order chi connectivity index (χ1) is 11.5. The van der Waals surface area contributed by atoms with Crippen molar-refractivity contribution in [2.45, 2.75) is 6.92 Å². The predicted octanol–water partition coefficient (Wildman–Crippen LogP) is 2.16. The number of hydrogen-bond acceptors (Lipinski definition) is 5. The van der Waals surface area contributed by atoms with Crippen molar-refractivity contribution in [3.8, 4) is 23.3 Å². The topological polar surface area (TPSA) is 89.9 Å². The van der Waals surface area contributed by atoms with Gasteiger partial charge in [-0.15, -0.1) is 0 Å². The second-order valence-corrected chi connectivity index (χ2v) is 4.76. The molecule has 0 aliphatic carbocycles. The molecule has 0 aliphatic heterocycles. The first-order valence-corrected chi connectivity index (χ1v) is 6.74. The van der Waals surface area contributed by atoms with E-state index in [1.165, 1.54) is 18.2 Å². The zero-order valence-electron chi connectivity index (χ0n) is 12.6. The highest BCUT2D eigenvalue weighted by molar-refractivity contribution is 5.88. The number of aryl methyl sites for hydroxylation is 1. The summed E-state index contributed by atoms with van der Waals surface area (Å²) in [7, 11) is 0. The van der Waals surface area contributed by atoms with E-state index in [-0.39, 0.29) is 17.8 Å². The Hall–Kier alpha value is -3.59. The van der Waals surface area contributed by atoms with Gasteiger partial charge in [0, 0.05) is 11.1 Å². The second-order valence-electron chi connectivity index (χ2n) is 4.76. The fourth-order valence-corrected chi connectivity index (χ4v) is 2.01. The Balaban J connectivity index is 2.41. The molecule has 6 heteroatoms. The molecule has 0 bridgehead atoms. The van der Waals surface area contributed by atoms with Gasteiger partial charge in [-0.3, -0.25) is 9.59 Å². The minimum Gasteiger partial charge on any atom is -0.478 e. The van der Waals surface area contributed by atoms with Crippen LogP contribution < -0.4 is 9.47 Å². The number of hydrogen-bond donors (Lipinski definition) is 1. The van der Waals surface area contributed by atoms with Crippen LogP contribution in [-0.2, 0) is 9.59 Å². The molecule has 0 saturated carbocycles. The van der Waals surface area contributed by atoms with Gasteiger partial charge in [0.1, 0.15) is 11.5 Å². The standard InChI is InChI=1S/C18H12O6/c1-12-4-13(7-16(5-12)23-10-19)2-3-14-6-15(18(21)22)9-17(8-14)24-11-20/h4-11H,1H3,(H,21,22). The maximum atomic E-state index is 11.1. The SMILES string of the molecule is Cc1cc(C#Cc2cc(OC=O)cc(C(=O)O)c2)cc(OC=O)c1. The summed E-state index contributed by atoms with van der Waals surface area (Å²) in [6.07, 6.45) is 0. The normalized spacial score (nSPS) is 9.38. The first kappa shape index (κ1) is 16.8. The van der Waals surface area contributed by atoms with E-state index in [4.69, 9.17) is 9.84 Å². The second kappa shape index (κ2) is 7.61. The molecule has 1 N–H and O–H groups in total. The molecule has 0 amide bonds. The van der Waals surface area contributed by atoms with Crippen LogP contribution in [0.15, 0.2) is 36.4 Å². The van der Waals surface area contributed by atoms with Gasteiger partial charge in [-0.05, 0) is 48.9 Å². The van der Waals surface area contributed by atoms with E-state index in [2.05, 4.69) is 16.6 Å². The molecular formula is C18H12O6. The van der Waals surface area contributed by atoms with Crippen LogP contribution in [0, 0.1) is 18.8 Å². The number of rotatable bonds is 5. The Labute approximate surface area is 137 Å². The van der Waals surface area contributed by atoms with Crippen molar-refractivity contribution in [2.24, 2.45) is 0 Å². The maximum Gasteiger partial charge on any atom is 0.335 e. The predicted molar refractivity (Wildman–Crippen MR) is 83.9 cm³/mol. The third-order valence-electron chi connectivity index (χ3n) is 2.92. The highest BCUT2D eigenvalue weighted by Gasteiger charge is 2.07. The van der Waals surface area contributed by atoms with Crippen LogP contribution >= 0.6 is 0 Å². The minimum absolute atomic E-state index is 0.0483. The maximum absolute atomic E-state index is 11.1. The lowest BCUT2D eigenvalue weighted by Crippen LogP contribution is -1.99. The first-order valence-electron chi connectivity index (χ1n) is 6.74. The molecule has 0 heterocycles. The Kier molecular flexibility index (Phi) is 5.32. The third kappa shape index (κ3) is 4.45. The molecule has 0 radical (unpaired) electrons. The summed E-state index contributed by atoms with van der Waals surface area (Å²) in [6.45, 7) is 2.36. The molecule has 120 valence electrons. The molecule has 0 unspecified atom stereocenters. The van der Waals surface area contributed by atoms with Crippen LogP contribution in [0.3, 0.4) is 0 Å². The Morgan fingerprint density at radius 1 is 0.917 bits per heavy atom. The number of aromatic carboxylic acids is 1. The highest BCUT2D eigenvalue weighted by atomic mass is 16.5. The van der Waals surface area contributed by atoms with Crippen LogP contribution in [-0.4, -0.2) is 24.0 Å². The van der Waals surface area contributed by atoms with Crippen LogP contribution in [0.5, 0.6) is 11.5 Å². The van der Waals surface area contributed by atoms with Gasteiger partial charge in [-0.2, -0.15) is 0 Å². The molecule has 0 aliphatic rings. The van der Waals surface area contributed by atoms with E-state index in [0.717, 1.165) is 5.56 Å². The van der Waals surface area contributed by atoms with Crippen LogP contribution in [0.4, 0.5) is 0 Å². The van der Waals surface area contributed by atoms with E-state index >= 15 is 0 Å². The monoisotopic (exact) mass is 324 g/mol. The summed E-state index contributed by atoms with van der Waals surface area (Å²) < 4.78 is 9.49. The fourth-order valence-electron chi connectivity index (χ4n) is 2.01. The quantitative estimate of drug-likeness (QED) is 0.669. The summed E-state index contributed by atoms with van der Waals surface area (Å²) in [5, 5.41) is 9.08. The number of benzene rings is 2. The van der Waals surface area contributed by atoms with Crippen molar-refractivity contribution < 1.29 is 29.0 Å². The van der Waals surface area contributed by atoms with Gasteiger partial charge in [0.15, 0.2) is 0 Å². The number of carboxylic acids is 1. The molecule has 0 saturated heterocycles. The molecule has 0 aromatic heterocycles. The van der Waals surface area contributed by atoms with Crippen molar-refractivity contribution in [3.63, 3.8) is 0 Å². The summed E-state index contributed by atoms with van der Waals surface area (Å²) in [4.78, 5) is 32.0. The molecule has 6 nitrogen and oxygen atoms in total. The van der Waals surface area contributed by atoms with Crippen LogP contribution in [0.25, 0.3) is 0 Å². The molecule has 2 rings (SSSR count). The van der Waals surface area contributed by atoms with E-state index in [0.29, 0.717) is 23.3 Å². The number of carbonyl (C=O) groups is 3. The molecule has 24 heavy (non-hydrogen) atoms. The van der Waals surface area contributed by atoms with Gasteiger partial charge in [0.05, 0.1) is 5.56 Å². The Bertz CT molecular complexity index is 858. The van der Waals surface area contributed by atoms with Gasteiger partial charge >= 0.3 is 5.97 Å². The third-order valence-corrected chi connectivity index (χ3v) is 2.92. The number of ether oxygens (including phenoxy) is 2. The Morgan fingerprint density at radius 3 is 2.00 bits per heavy atom. The molecule has 2 aromatic carbocycles. The van der Waals surface area contributed by atoms with Gasteiger partial charge < -0.3 is 14.6 Å². The van der Waals surface area contributed by atoms with Crippen molar-refractivity contribution in [2.75, 3.05) is 0 Å². The molecule has 0 fully saturated rings. The molecule has 0 spiro atoms. The van der Waals surface area contributed by atoms with Gasteiger partial charge in [-0.1, -0.05) is 11.8 Å². The average Bonchev–Trinajstić information content (AvgIpc) is 2.53. The van der Waals surface area contributed by atoms with Crippen molar-refractivity contribution in [1.82, 2.24) is 0 Å². The van der Waals surface area contributed by atoms with Crippen molar-refractivity contribution in [3.05, 3.63) is 58.7 Å². The molecule has 0 atom stereocenters. The van der Waals surface area contributed by atoms with E-state index in [1.54, 1.807) is 18.2 Å². The fraction of sp³-hybridized carbons (Fsp3) is 0.0556. The summed E-state index contributed by atoms with van der Waals surface area (Å²) in [5.41, 5.74) is 1.76. The largest absolute Gasteiger partial charge is 0.478 e. The van der Waals surface area contributed by atoms with Crippen LogP contribution in [0.2, 0.25) is 0 Å². The van der Waals surface area contributed by atoms with Crippen LogP contribution in [0.1, 0.15) is 27.0 Å². The van der Waals surface area contributed by atoms with Gasteiger partial charge in [0.25, 0.3) is 12.9 Å². The van der Waals surface area contributed by atoms with E-state index in [9.17, 15) is 14.4 Å². The van der Waals surface area contributed by atoms with Gasteiger partial charge in [-0.25, -0.2) is 4.79 Å². The number of carboxylic acid groups (broad SMARTS) is 1. The molecule has 2 aromatic rings. The average molecular weight is 324 g/mol. The van der Waals surface area contributed by atoms with Crippen molar-refractivity contribution in [1.29, 1.82) is 0 Å². The lowest BCUT2D eigenvalue weighted by atomic mass is 10.1. The summed E-state index contributed by atoms with van der Waals surface area (Å²) in [6, 6.07) is 9.09. The van der Waals surface area contributed by atoms with Crippen molar-refractivity contribution >= 4 is 18.9 Å².